The maximum absolute atomic E-state index is 12.4. The van der Waals surface area contributed by atoms with Crippen molar-refractivity contribution < 1.29 is 28.1 Å². The molecule has 0 spiro atoms. The number of aromatic nitrogens is 2. The highest BCUT2D eigenvalue weighted by Crippen LogP contribution is 2.19. The molecule has 29 heavy (non-hydrogen) atoms. The number of hydrogen-bond acceptors (Lipinski definition) is 8. The van der Waals surface area contributed by atoms with Crippen LogP contribution < -0.4 is 10.1 Å². The van der Waals surface area contributed by atoms with Gasteiger partial charge in [0.25, 0.3) is 5.91 Å². The Balaban J connectivity index is 1.59. The van der Waals surface area contributed by atoms with Crippen LogP contribution in [0.1, 0.15) is 40.1 Å². The summed E-state index contributed by atoms with van der Waals surface area (Å²) < 4.78 is 20.9. The van der Waals surface area contributed by atoms with E-state index >= 15 is 0 Å². The fourth-order valence-electron chi connectivity index (χ4n) is 2.51. The van der Waals surface area contributed by atoms with E-state index in [-0.39, 0.29) is 18.0 Å². The highest BCUT2D eigenvalue weighted by molar-refractivity contribution is 5.96. The third-order valence-corrected chi connectivity index (χ3v) is 4.17. The largest absolute Gasteiger partial charge is 0.489 e. The molecule has 0 bridgehead atoms. The molecule has 0 aliphatic heterocycles. The lowest BCUT2D eigenvalue weighted by Crippen LogP contribution is -2.30. The van der Waals surface area contributed by atoms with E-state index < -0.39 is 18.0 Å². The van der Waals surface area contributed by atoms with Crippen molar-refractivity contribution in [3.05, 3.63) is 58.7 Å². The molecule has 0 unspecified atom stereocenters. The Morgan fingerprint density at radius 1 is 1.14 bits per heavy atom. The van der Waals surface area contributed by atoms with E-state index in [1.54, 1.807) is 44.2 Å². The molecule has 0 radical (unpaired) electrons. The van der Waals surface area contributed by atoms with E-state index in [0.29, 0.717) is 17.3 Å². The quantitative estimate of drug-likeness (QED) is 0.601. The summed E-state index contributed by atoms with van der Waals surface area (Å²) in [7, 11) is 0. The maximum Gasteiger partial charge on any atom is 0.339 e. The van der Waals surface area contributed by atoms with Crippen LogP contribution >= 0.6 is 0 Å². The number of nitrogens with one attached hydrogen (secondary N) is 1. The summed E-state index contributed by atoms with van der Waals surface area (Å²) in [5.74, 6) is 0.808. The Kier molecular flexibility index (Phi) is 5.96. The number of aryl methyl sites for hydroxylation is 3. The van der Waals surface area contributed by atoms with Crippen LogP contribution in [-0.2, 0) is 16.1 Å². The number of rotatable bonds is 7. The molecule has 2 heterocycles. The highest BCUT2D eigenvalue weighted by Gasteiger charge is 2.20. The monoisotopic (exact) mass is 399 g/mol. The van der Waals surface area contributed by atoms with Crippen LogP contribution in [0.2, 0.25) is 0 Å². The van der Waals surface area contributed by atoms with Crippen molar-refractivity contribution in [3.8, 4) is 5.75 Å². The number of amides is 1. The number of carbonyl (C=O) groups is 2. The molecule has 152 valence electrons. The highest BCUT2D eigenvalue weighted by atomic mass is 16.5. The first-order chi connectivity index (χ1) is 13.8. The van der Waals surface area contributed by atoms with Crippen molar-refractivity contribution in [2.75, 3.05) is 5.32 Å². The second kappa shape index (κ2) is 8.59. The number of carbonyl (C=O) groups excluding carboxylic acids is 2. The van der Waals surface area contributed by atoms with Crippen LogP contribution in [0.4, 0.5) is 5.82 Å². The number of anilines is 1. The van der Waals surface area contributed by atoms with Crippen LogP contribution in [0.25, 0.3) is 0 Å². The Labute approximate surface area is 166 Å². The number of nitrogens with zero attached hydrogens (tertiary/aromatic N) is 2. The minimum Gasteiger partial charge on any atom is -0.489 e. The normalized spacial score (nSPS) is 11.7. The second-order valence-electron chi connectivity index (χ2n) is 6.48. The fourth-order valence-corrected chi connectivity index (χ4v) is 2.51. The summed E-state index contributed by atoms with van der Waals surface area (Å²) in [5, 5.41) is 10.1. The molecule has 3 aromatic rings. The van der Waals surface area contributed by atoms with E-state index in [4.69, 9.17) is 18.5 Å². The number of ether oxygens (including phenoxy) is 2. The smallest absolute Gasteiger partial charge is 0.339 e. The maximum atomic E-state index is 12.4. The predicted octanol–water partition coefficient (Wildman–Crippen LogP) is 3.35. The van der Waals surface area contributed by atoms with Gasteiger partial charge in [0.2, 0.25) is 0 Å². The average molecular weight is 399 g/mol. The summed E-state index contributed by atoms with van der Waals surface area (Å²) in [6.07, 6.45) is -1.02. The molecule has 0 aliphatic rings. The van der Waals surface area contributed by atoms with Gasteiger partial charge < -0.3 is 23.8 Å². The van der Waals surface area contributed by atoms with E-state index in [0.717, 1.165) is 11.3 Å². The Hall–Kier alpha value is -3.62. The van der Waals surface area contributed by atoms with Gasteiger partial charge in [0.1, 0.15) is 23.9 Å². The van der Waals surface area contributed by atoms with Gasteiger partial charge in [0, 0.05) is 6.07 Å². The van der Waals surface area contributed by atoms with E-state index in [2.05, 4.69) is 15.6 Å². The predicted molar refractivity (Wildman–Crippen MR) is 101 cm³/mol. The van der Waals surface area contributed by atoms with Gasteiger partial charge >= 0.3 is 5.97 Å². The van der Waals surface area contributed by atoms with Gasteiger partial charge in [-0.2, -0.15) is 0 Å². The molecular formula is C20H21N3O6. The van der Waals surface area contributed by atoms with Gasteiger partial charge in [-0.05, 0) is 45.9 Å². The molecule has 2 aromatic heterocycles. The van der Waals surface area contributed by atoms with Gasteiger partial charge in [0.05, 0.1) is 16.8 Å². The van der Waals surface area contributed by atoms with Crippen LogP contribution in [0.3, 0.4) is 0 Å². The third kappa shape index (κ3) is 5.01. The van der Waals surface area contributed by atoms with Crippen molar-refractivity contribution in [1.29, 1.82) is 0 Å². The lowest BCUT2D eigenvalue weighted by Gasteiger charge is -2.13. The minimum absolute atomic E-state index is 0.255. The molecule has 9 heteroatoms. The van der Waals surface area contributed by atoms with Crippen LogP contribution in [0.15, 0.2) is 39.4 Å². The van der Waals surface area contributed by atoms with Crippen LogP contribution in [-0.4, -0.2) is 28.3 Å². The zero-order valence-corrected chi connectivity index (χ0v) is 16.5. The lowest BCUT2D eigenvalue weighted by atomic mass is 10.2. The topological polar surface area (TPSA) is 117 Å². The molecule has 0 aliphatic carbocycles. The van der Waals surface area contributed by atoms with Crippen molar-refractivity contribution >= 4 is 17.7 Å². The lowest BCUT2D eigenvalue weighted by molar-refractivity contribution is -0.123. The molecule has 1 amide bonds. The molecule has 0 saturated heterocycles. The molecule has 1 N–H and O–H groups in total. The van der Waals surface area contributed by atoms with Crippen molar-refractivity contribution in [2.24, 2.45) is 0 Å². The van der Waals surface area contributed by atoms with Crippen molar-refractivity contribution in [1.82, 2.24) is 10.3 Å². The van der Waals surface area contributed by atoms with Crippen LogP contribution in [0.5, 0.6) is 5.75 Å². The van der Waals surface area contributed by atoms with E-state index in [1.165, 1.54) is 6.92 Å². The van der Waals surface area contributed by atoms with Gasteiger partial charge in [-0.25, -0.2) is 4.79 Å². The molecule has 1 atom stereocenters. The summed E-state index contributed by atoms with van der Waals surface area (Å²) in [5.41, 5.74) is 1.87. The summed E-state index contributed by atoms with van der Waals surface area (Å²) >= 11 is 0. The first-order valence-corrected chi connectivity index (χ1v) is 8.93. The molecule has 9 nitrogen and oxygen atoms in total. The average Bonchev–Trinajstić information content (AvgIpc) is 3.25. The Bertz CT molecular complexity index is 1000. The van der Waals surface area contributed by atoms with Gasteiger partial charge in [0.15, 0.2) is 11.9 Å². The fraction of sp³-hybridized carbons (Fsp3) is 0.300. The van der Waals surface area contributed by atoms with Gasteiger partial charge in [-0.3, -0.25) is 4.79 Å². The number of hydrogen-bond donors (Lipinski definition) is 1. The zero-order chi connectivity index (χ0) is 21.0. The Morgan fingerprint density at radius 3 is 2.59 bits per heavy atom. The first kappa shape index (κ1) is 20.1. The molecule has 3 rings (SSSR count). The van der Waals surface area contributed by atoms with Crippen molar-refractivity contribution in [3.63, 3.8) is 0 Å². The molecule has 0 saturated carbocycles. The standard InChI is InChI=1S/C20H21N3O6/c1-11-8-18(23-28-11)21-19(24)14(4)27-20(25)15-6-5-7-16(9-15)26-10-17-12(2)22-29-13(17)3/h5-9,14H,10H2,1-4H3,(H,21,23,24)/t14-/m1/s1. The first-order valence-electron chi connectivity index (χ1n) is 8.93. The third-order valence-electron chi connectivity index (χ3n) is 4.17. The van der Waals surface area contributed by atoms with E-state index in [9.17, 15) is 9.59 Å². The SMILES string of the molecule is Cc1cc(NC(=O)[C@@H](C)OC(=O)c2cccc(OCc3c(C)noc3C)c2)no1. The Morgan fingerprint density at radius 2 is 1.93 bits per heavy atom. The van der Waals surface area contributed by atoms with E-state index in [1.807, 2.05) is 6.92 Å². The van der Waals surface area contributed by atoms with Crippen LogP contribution in [0, 0.1) is 20.8 Å². The second-order valence-corrected chi connectivity index (χ2v) is 6.48. The molecule has 0 fully saturated rings. The van der Waals surface area contributed by atoms with Gasteiger partial charge in [-0.15, -0.1) is 0 Å². The number of esters is 1. The van der Waals surface area contributed by atoms with Crippen molar-refractivity contribution in [2.45, 2.75) is 40.4 Å². The summed E-state index contributed by atoms with van der Waals surface area (Å²) in [6, 6.07) is 8.08. The summed E-state index contributed by atoms with van der Waals surface area (Å²) in [4.78, 5) is 24.5. The zero-order valence-electron chi connectivity index (χ0n) is 16.5. The number of benzene rings is 1. The minimum atomic E-state index is -1.02. The molecule has 1 aromatic carbocycles. The summed E-state index contributed by atoms with van der Waals surface area (Å²) in [6.45, 7) is 7.07. The van der Waals surface area contributed by atoms with Gasteiger partial charge in [-0.1, -0.05) is 16.4 Å². The molecular weight excluding hydrogens is 378 g/mol.